The number of aromatic nitrogens is 1. The second-order valence-electron chi connectivity index (χ2n) is 6.98. The van der Waals surface area contributed by atoms with E-state index in [2.05, 4.69) is 39.0 Å². The molecule has 1 aliphatic heterocycles. The number of para-hydroxylation sites is 1. The van der Waals surface area contributed by atoms with E-state index >= 15 is 0 Å². The molecule has 0 amide bonds. The number of ether oxygens (including phenoxy) is 1. The van der Waals surface area contributed by atoms with Crippen LogP contribution in [0.15, 0.2) is 79.1 Å². The van der Waals surface area contributed by atoms with Crippen molar-refractivity contribution < 1.29 is 4.74 Å². The molecule has 0 atom stereocenters. The van der Waals surface area contributed by atoms with Gasteiger partial charge in [0.1, 0.15) is 11.5 Å². The van der Waals surface area contributed by atoms with Crippen molar-refractivity contribution in [2.75, 3.05) is 26.2 Å². The average Bonchev–Trinajstić information content (AvgIpc) is 2.71. The Kier molecular flexibility index (Phi) is 5.77. The molecule has 4 heteroatoms. The largest absolute Gasteiger partial charge is 0.457 e. The highest BCUT2D eigenvalue weighted by Crippen LogP contribution is 2.22. The van der Waals surface area contributed by atoms with E-state index in [1.165, 1.54) is 11.1 Å². The Morgan fingerprint density at radius 1 is 0.704 bits per heavy atom. The van der Waals surface area contributed by atoms with Gasteiger partial charge in [0.05, 0.1) is 0 Å². The Morgan fingerprint density at radius 3 is 2.07 bits per heavy atom. The molecule has 0 unspecified atom stereocenters. The summed E-state index contributed by atoms with van der Waals surface area (Å²) in [6.45, 7) is 6.31. The van der Waals surface area contributed by atoms with Gasteiger partial charge in [-0.2, -0.15) is 0 Å². The predicted octanol–water partition coefficient (Wildman–Crippen LogP) is 4.19. The van der Waals surface area contributed by atoms with Crippen molar-refractivity contribution in [2.24, 2.45) is 0 Å². The molecular formula is C23H25N3O. The fourth-order valence-corrected chi connectivity index (χ4v) is 3.45. The van der Waals surface area contributed by atoms with Crippen molar-refractivity contribution >= 4 is 0 Å². The minimum atomic E-state index is 0.874. The van der Waals surface area contributed by atoms with E-state index in [-0.39, 0.29) is 0 Å². The first kappa shape index (κ1) is 17.7. The zero-order chi connectivity index (χ0) is 18.3. The minimum absolute atomic E-state index is 0.874. The molecule has 0 aliphatic carbocycles. The lowest BCUT2D eigenvalue weighted by Crippen LogP contribution is -2.45. The van der Waals surface area contributed by atoms with Gasteiger partial charge in [-0.15, -0.1) is 0 Å². The zero-order valence-corrected chi connectivity index (χ0v) is 15.5. The van der Waals surface area contributed by atoms with Gasteiger partial charge in [0.15, 0.2) is 0 Å². The zero-order valence-electron chi connectivity index (χ0n) is 15.5. The summed E-state index contributed by atoms with van der Waals surface area (Å²) in [7, 11) is 0. The van der Waals surface area contributed by atoms with Gasteiger partial charge in [-0.05, 0) is 41.5 Å². The molecule has 2 aromatic carbocycles. The van der Waals surface area contributed by atoms with E-state index in [0.29, 0.717) is 0 Å². The lowest BCUT2D eigenvalue weighted by Gasteiger charge is -2.34. The van der Waals surface area contributed by atoms with Gasteiger partial charge in [0.2, 0.25) is 0 Å². The highest BCUT2D eigenvalue weighted by atomic mass is 16.5. The fourth-order valence-electron chi connectivity index (χ4n) is 3.45. The van der Waals surface area contributed by atoms with Crippen molar-refractivity contribution in [1.29, 1.82) is 0 Å². The number of piperazine rings is 1. The molecule has 0 spiro atoms. The van der Waals surface area contributed by atoms with Crippen LogP contribution in [0.5, 0.6) is 11.5 Å². The number of benzene rings is 2. The number of hydrogen-bond donors (Lipinski definition) is 0. The quantitative estimate of drug-likeness (QED) is 0.660. The van der Waals surface area contributed by atoms with E-state index in [4.69, 9.17) is 4.74 Å². The minimum Gasteiger partial charge on any atom is -0.457 e. The summed E-state index contributed by atoms with van der Waals surface area (Å²) in [5.41, 5.74) is 2.58. The van der Waals surface area contributed by atoms with Gasteiger partial charge in [-0.25, -0.2) is 0 Å². The molecule has 3 aromatic rings. The Morgan fingerprint density at radius 2 is 1.37 bits per heavy atom. The number of hydrogen-bond acceptors (Lipinski definition) is 4. The van der Waals surface area contributed by atoms with Crippen molar-refractivity contribution in [1.82, 2.24) is 14.8 Å². The monoisotopic (exact) mass is 359 g/mol. The SMILES string of the molecule is c1ccc(Oc2cccc(CN3CCN(Cc4cccnc4)CC3)c2)cc1. The molecule has 2 heterocycles. The molecule has 1 aliphatic rings. The summed E-state index contributed by atoms with van der Waals surface area (Å²) >= 11 is 0. The highest BCUT2D eigenvalue weighted by molar-refractivity contribution is 5.33. The summed E-state index contributed by atoms with van der Waals surface area (Å²) in [5.74, 6) is 1.77. The van der Waals surface area contributed by atoms with Crippen LogP contribution in [-0.2, 0) is 13.1 Å². The molecule has 4 rings (SSSR count). The van der Waals surface area contributed by atoms with Crippen molar-refractivity contribution in [3.63, 3.8) is 0 Å². The molecule has 0 N–H and O–H groups in total. The van der Waals surface area contributed by atoms with E-state index < -0.39 is 0 Å². The summed E-state index contributed by atoms with van der Waals surface area (Å²) < 4.78 is 5.96. The maximum absolute atomic E-state index is 5.96. The standard InChI is InChI=1S/C23H25N3O/c1-2-8-22(9-3-1)27-23-10-4-6-20(16-23)18-25-12-14-26(15-13-25)19-21-7-5-11-24-17-21/h1-11,16-17H,12-15,18-19H2. The topological polar surface area (TPSA) is 28.6 Å². The molecule has 1 fully saturated rings. The van der Waals surface area contributed by atoms with Crippen LogP contribution in [0.3, 0.4) is 0 Å². The van der Waals surface area contributed by atoms with E-state index in [1.54, 1.807) is 0 Å². The molecule has 0 radical (unpaired) electrons. The Labute approximate surface area is 161 Å². The van der Waals surface area contributed by atoms with Gasteiger partial charge in [-0.3, -0.25) is 14.8 Å². The van der Waals surface area contributed by atoms with Gasteiger partial charge in [0, 0.05) is 51.7 Å². The van der Waals surface area contributed by atoms with Crippen LogP contribution in [0.25, 0.3) is 0 Å². The predicted molar refractivity (Wildman–Crippen MR) is 108 cm³/mol. The summed E-state index contributed by atoms with van der Waals surface area (Å²) in [6, 6.07) is 22.5. The third-order valence-electron chi connectivity index (χ3n) is 4.88. The van der Waals surface area contributed by atoms with Crippen LogP contribution >= 0.6 is 0 Å². The maximum Gasteiger partial charge on any atom is 0.127 e. The molecule has 27 heavy (non-hydrogen) atoms. The van der Waals surface area contributed by atoms with Gasteiger partial charge in [-0.1, -0.05) is 36.4 Å². The van der Waals surface area contributed by atoms with Crippen LogP contribution in [0.1, 0.15) is 11.1 Å². The molecule has 4 nitrogen and oxygen atoms in total. The second kappa shape index (κ2) is 8.80. The number of nitrogens with zero attached hydrogens (tertiary/aromatic N) is 3. The van der Waals surface area contributed by atoms with E-state index in [9.17, 15) is 0 Å². The highest BCUT2D eigenvalue weighted by Gasteiger charge is 2.17. The Bertz CT molecular complexity index is 831. The molecule has 0 saturated carbocycles. The lowest BCUT2D eigenvalue weighted by molar-refractivity contribution is 0.122. The Hall–Kier alpha value is -2.69. The van der Waals surface area contributed by atoms with Gasteiger partial charge < -0.3 is 4.74 Å². The molecule has 1 saturated heterocycles. The summed E-state index contributed by atoms with van der Waals surface area (Å²) in [4.78, 5) is 9.23. The molecule has 138 valence electrons. The van der Waals surface area contributed by atoms with Crippen LogP contribution in [0, 0.1) is 0 Å². The first-order valence-corrected chi connectivity index (χ1v) is 9.51. The number of pyridine rings is 1. The lowest BCUT2D eigenvalue weighted by atomic mass is 10.1. The third kappa shape index (κ3) is 5.16. The van der Waals surface area contributed by atoms with Crippen LogP contribution in [0.2, 0.25) is 0 Å². The second-order valence-corrected chi connectivity index (χ2v) is 6.98. The Balaban J connectivity index is 1.29. The third-order valence-corrected chi connectivity index (χ3v) is 4.88. The van der Waals surface area contributed by atoms with Gasteiger partial charge >= 0.3 is 0 Å². The maximum atomic E-state index is 5.96. The summed E-state index contributed by atoms with van der Waals surface area (Å²) in [6.07, 6.45) is 3.79. The number of rotatable bonds is 6. The smallest absolute Gasteiger partial charge is 0.127 e. The van der Waals surface area contributed by atoms with Crippen LogP contribution < -0.4 is 4.74 Å². The summed E-state index contributed by atoms with van der Waals surface area (Å²) in [5, 5.41) is 0. The van der Waals surface area contributed by atoms with Crippen molar-refractivity contribution in [3.05, 3.63) is 90.3 Å². The first-order chi connectivity index (χ1) is 13.3. The average molecular weight is 359 g/mol. The molecular weight excluding hydrogens is 334 g/mol. The van der Waals surface area contributed by atoms with Crippen LogP contribution in [-0.4, -0.2) is 41.0 Å². The van der Waals surface area contributed by atoms with Crippen molar-refractivity contribution in [3.8, 4) is 11.5 Å². The first-order valence-electron chi connectivity index (χ1n) is 9.51. The normalized spacial score (nSPS) is 15.6. The van der Waals surface area contributed by atoms with E-state index in [0.717, 1.165) is 50.8 Å². The fraction of sp³-hybridized carbons (Fsp3) is 0.261. The van der Waals surface area contributed by atoms with Crippen molar-refractivity contribution in [2.45, 2.75) is 13.1 Å². The van der Waals surface area contributed by atoms with Crippen LogP contribution in [0.4, 0.5) is 0 Å². The van der Waals surface area contributed by atoms with Gasteiger partial charge in [0.25, 0.3) is 0 Å². The van der Waals surface area contributed by atoms with E-state index in [1.807, 2.05) is 54.9 Å². The molecule has 0 bridgehead atoms. The molecule has 1 aromatic heterocycles.